The molecule has 20 heavy (non-hydrogen) atoms. The number of rotatable bonds is 3. The minimum Gasteiger partial charge on any atom is -0.299 e. The van der Waals surface area contributed by atoms with Crippen molar-refractivity contribution in [2.24, 2.45) is 0 Å². The first-order valence-electron chi connectivity index (χ1n) is 7.20. The summed E-state index contributed by atoms with van der Waals surface area (Å²) in [4.78, 5) is 15.1. The van der Waals surface area contributed by atoms with Crippen molar-refractivity contribution in [2.75, 3.05) is 13.1 Å². The van der Waals surface area contributed by atoms with Crippen molar-refractivity contribution in [1.82, 2.24) is 19.9 Å². The lowest BCUT2D eigenvalue weighted by Crippen LogP contribution is -2.32. The second-order valence-electron chi connectivity index (χ2n) is 5.50. The van der Waals surface area contributed by atoms with Crippen LogP contribution in [-0.4, -0.2) is 32.9 Å². The molecule has 0 aliphatic carbocycles. The van der Waals surface area contributed by atoms with Crippen molar-refractivity contribution in [3.8, 4) is 0 Å². The van der Waals surface area contributed by atoms with Gasteiger partial charge in [-0.05, 0) is 56.1 Å². The second kappa shape index (κ2) is 6.09. The quantitative estimate of drug-likeness (QED) is 0.858. The Morgan fingerprint density at radius 1 is 1.15 bits per heavy atom. The molecule has 1 fully saturated rings. The summed E-state index contributed by atoms with van der Waals surface area (Å²) >= 11 is 0. The van der Waals surface area contributed by atoms with Crippen LogP contribution >= 0.6 is 0 Å². The van der Waals surface area contributed by atoms with E-state index in [-0.39, 0.29) is 0 Å². The molecule has 0 unspecified atom stereocenters. The highest BCUT2D eigenvalue weighted by molar-refractivity contribution is 5.19. The molecule has 0 radical (unpaired) electrons. The molecule has 0 atom stereocenters. The van der Waals surface area contributed by atoms with Gasteiger partial charge < -0.3 is 0 Å². The minimum atomic E-state index is 0.590. The molecule has 0 saturated carbocycles. The average molecular weight is 268 g/mol. The first kappa shape index (κ1) is 13.2. The fourth-order valence-corrected chi connectivity index (χ4v) is 2.95. The van der Waals surface area contributed by atoms with E-state index in [0.717, 1.165) is 19.6 Å². The SMILES string of the molecule is Cc1cncnc1C1CCN(Cc2ccncc2)CC1. The summed E-state index contributed by atoms with van der Waals surface area (Å²) in [5.41, 5.74) is 3.81. The molecule has 1 aliphatic heterocycles. The molecular formula is C16H20N4. The summed E-state index contributed by atoms with van der Waals surface area (Å²) in [6.07, 6.45) is 9.70. The van der Waals surface area contributed by atoms with E-state index in [1.807, 2.05) is 18.6 Å². The van der Waals surface area contributed by atoms with Crippen molar-refractivity contribution in [1.29, 1.82) is 0 Å². The fraction of sp³-hybridized carbons (Fsp3) is 0.438. The van der Waals surface area contributed by atoms with Gasteiger partial charge in [-0.1, -0.05) is 0 Å². The van der Waals surface area contributed by atoms with E-state index in [1.54, 1.807) is 6.33 Å². The van der Waals surface area contributed by atoms with Crippen LogP contribution in [0.4, 0.5) is 0 Å². The van der Waals surface area contributed by atoms with E-state index >= 15 is 0 Å². The lowest BCUT2D eigenvalue weighted by atomic mass is 9.91. The summed E-state index contributed by atoms with van der Waals surface area (Å²) in [6.45, 7) is 5.41. The zero-order valence-corrected chi connectivity index (χ0v) is 11.9. The number of aryl methyl sites for hydroxylation is 1. The molecule has 1 aliphatic rings. The lowest BCUT2D eigenvalue weighted by Gasteiger charge is -2.32. The van der Waals surface area contributed by atoms with Crippen LogP contribution in [0.2, 0.25) is 0 Å². The number of hydrogen-bond acceptors (Lipinski definition) is 4. The predicted molar refractivity (Wildman–Crippen MR) is 78.3 cm³/mol. The zero-order chi connectivity index (χ0) is 13.8. The van der Waals surface area contributed by atoms with E-state index in [0.29, 0.717) is 5.92 Å². The van der Waals surface area contributed by atoms with Crippen LogP contribution in [0.25, 0.3) is 0 Å². The average Bonchev–Trinajstić information content (AvgIpc) is 2.50. The van der Waals surface area contributed by atoms with Gasteiger partial charge in [-0.25, -0.2) is 9.97 Å². The number of pyridine rings is 1. The van der Waals surface area contributed by atoms with Gasteiger partial charge in [0.2, 0.25) is 0 Å². The maximum atomic E-state index is 4.47. The minimum absolute atomic E-state index is 0.590. The van der Waals surface area contributed by atoms with Crippen LogP contribution in [0.5, 0.6) is 0 Å². The molecular weight excluding hydrogens is 248 g/mol. The Bertz CT molecular complexity index is 547. The maximum Gasteiger partial charge on any atom is 0.115 e. The van der Waals surface area contributed by atoms with Crippen LogP contribution < -0.4 is 0 Å². The Kier molecular flexibility index (Phi) is 4.02. The summed E-state index contributed by atoms with van der Waals surface area (Å²) in [6, 6.07) is 4.20. The van der Waals surface area contributed by atoms with Gasteiger partial charge in [0.25, 0.3) is 0 Å². The van der Waals surface area contributed by atoms with Crippen molar-refractivity contribution in [2.45, 2.75) is 32.2 Å². The summed E-state index contributed by atoms with van der Waals surface area (Å²) in [5, 5.41) is 0. The van der Waals surface area contributed by atoms with E-state index in [4.69, 9.17) is 0 Å². The molecule has 1 saturated heterocycles. The van der Waals surface area contributed by atoms with Gasteiger partial charge in [-0.2, -0.15) is 0 Å². The molecule has 0 aromatic carbocycles. The van der Waals surface area contributed by atoms with E-state index in [2.05, 4.69) is 38.9 Å². The van der Waals surface area contributed by atoms with E-state index in [1.165, 1.54) is 29.7 Å². The molecule has 104 valence electrons. The standard InChI is InChI=1S/C16H20N4/c1-13-10-18-12-19-16(13)15-4-8-20(9-5-15)11-14-2-6-17-7-3-14/h2-3,6-7,10,12,15H,4-5,8-9,11H2,1H3. The van der Waals surface area contributed by atoms with E-state index in [9.17, 15) is 0 Å². The number of hydrogen-bond donors (Lipinski definition) is 0. The normalized spacial score (nSPS) is 17.2. The Morgan fingerprint density at radius 2 is 1.90 bits per heavy atom. The number of aromatic nitrogens is 3. The van der Waals surface area contributed by atoms with Crippen molar-refractivity contribution >= 4 is 0 Å². The third kappa shape index (κ3) is 3.02. The van der Waals surface area contributed by atoms with Gasteiger partial charge in [0.05, 0.1) is 0 Å². The molecule has 0 bridgehead atoms. The fourth-order valence-electron chi connectivity index (χ4n) is 2.95. The molecule has 3 rings (SSSR count). The summed E-state index contributed by atoms with van der Waals surface area (Å²) < 4.78 is 0. The summed E-state index contributed by atoms with van der Waals surface area (Å²) in [7, 11) is 0. The van der Waals surface area contributed by atoms with Gasteiger partial charge in [-0.3, -0.25) is 9.88 Å². The molecule has 4 nitrogen and oxygen atoms in total. The zero-order valence-electron chi connectivity index (χ0n) is 11.9. The number of piperidine rings is 1. The highest BCUT2D eigenvalue weighted by Gasteiger charge is 2.22. The third-order valence-electron chi connectivity index (χ3n) is 4.07. The summed E-state index contributed by atoms with van der Waals surface area (Å²) in [5.74, 6) is 0.590. The molecule has 2 aromatic heterocycles. The van der Waals surface area contributed by atoms with Gasteiger partial charge in [0.1, 0.15) is 6.33 Å². The monoisotopic (exact) mass is 268 g/mol. The highest BCUT2D eigenvalue weighted by atomic mass is 15.1. The molecule has 0 N–H and O–H groups in total. The van der Waals surface area contributed by atoms with Gasteiger partial charge in [0, 0.05) is 36.7 Å². The Labute approximate surface area is 119 Å². The Balaban J connectivity index is 1.59. The highest BCUT2D eigenvalue weighted by Crippen LogP contribution is 2.28. The van der Waals surface area contributed by atoms with Gasteiger partial charge >= 0.3 is 0 Å². The largest absolute Gasteiger partial charge is 0.299 e. The van der Waals surface area contributed by atoms with Gasteiger partial charge in [0.15, 0.2) is 0 Å². The van der Waals surface area contributed by atoms with Crippen LogP contribution in [0.1, 0.15) is 35.6 Å². The van der Waals surface area contributed by atoms with Crippen LogP contribution in [0, 0.1) is 6.92 Å². The molecule has 4 heteroatoms. The van der Waals surface area contributed by atoms with Crippen molar-refractivity contribution < 1.29 is 0 Å². The smallest absolute Gasteiger partial charge is 0.115 e. The van der Waals surface area contributed by atoms with Crippen molar-refractivity contribution in [3.63, 3.8) is 0 Å². The molecule has 3 heterocycles. The Hall–Kier alpha value is -1.81. The third-order valence-corrected chi connectivity index (χ3v) is 4.07. The first-order valence-corrected chi connectivity index (χ1v) is 7.20. The van der Waals surface area contributed by atoms with E-state index < -0.39 is 0 Å². The predicted octanol–water partition coefficient (Wildman–Crippen LogP) is 2.56. The maximum absolute atomic E-state index is 4.47. The van der Waals surface area contributed by atoms with Crippen LogP contribution in [0.15, 0.2) is 37.1 Å². The van der Waals surface area contributed by atoms with Crippen LogP contribution in [0.3, 0.4) is 0 Å². The second-order valence-corrected chi connectivity index (χ2v) is 5.50. The molecule has 0 amide bonds. The number of nitrogens with zero attached hydrogens (tertiary/aromatic N) is 4. The van der Waals surface area contributed by atoms with Gasteiger partial charge in [-0.15, -0.1) is 0 Å². The molecule has 2 aromatic rings. The van der Waals surface area contributed by atoms with Crippen LogP contribution in [-0.2, 0) is 6.54 Å². The first-order chi connectivity index (χ1) is 9.83. The molecule has 0 spiro atoms. The number of likely N-dealkylation sites (tertiary alicyclic amines) is 1. The Morgan fingerprint density at radius 3 is 2.60 bits per heavy atom. The topological polar surface area (TPSA) is 41.9 Å². The van der Waals surface area contributed by atoms with Crippen molar-refractivity contribution in [3.05, 3.63) is 53.9 Å². The lowest BCUT2D eigenvalue weighted by molar-refractivity contribution is 0.203.